The second kappa shape index (κ2) is 4.14. The Morgan fingerprint density at radius 2 is 2.15 bits per heavy atom. The van der Waals surface area contributed by atoms with Gasteiger partial charge in [-0.05, 0) is 26.0 Å². The van der Waals surface area contributed by atoms with Crippen LogP contribution in [0.5, 0.6) is 11.5 Å². The van der Waals surface area contributed by atoms with Gasteiger partial charge in [-0.25, -0.2) is 0 Å². The van der Waals surface area contributed by atoms with Crippen LogP contribution in [0.1, 0.15) is 25.5 Å². The molecule has 1 aromatic carbocycles. The fraction of sp³-hybridized carbons (Fsp3) is 0.400. The molecule has 0 radical (unpaired) electrons. The first-order chi connectivity index (χ1) is 6.15. The van der Waals surface area contributed by atoms with Gasteiger partial charge in [-0.3, -0.25) is 0 Å². The molecule has 0 aliphatic carbocycles. The second-order valence-corrected chi connectivity index (χ2v) is 2.83. The molecule has 3 heteroatoms. The number of hydrogen-bond acceptors (Lipinski definition) is 3. The Balaban J connectivity index is 2.92. The average Bonchev–Trinajstić information content (AvgIpc) is 2.04. The molecule has 3 nitrogen and oxygen atoms in total. The molecule has 0 amide bonds. The smallest absolute Gasteiger partial charge is 0.125 e. The van der Waals surface area contributed by atoms with Crippen LogP contribution in [-0.2, 0) is 0 Å². The Hall–Kier alpha value is -1.22. The van der Waals surface area contributed by atoms with Gasteiger partial charge >= 0.3 is 0 Å². The molecule has 0 saturated carbocycles. The predicted octanol–water partition coefficient (Wildman–Crippen LogP) is 1.84. The summed E-state index contributed by atoms with van der Waals surface area (Å²) in [6.45, 7) is 4.04. The molecule has 72 valence electrons. The Kier molecular flexibility index (Phi) is 3.14. The van der Waals surface area contributed by atoms with Crippen molar-refractivity contribution in [3.63, 3.8) is 0 Å². The molecule has 13 heavy (non-hydrogen) atoms. The van der Waals surface area contributed by atoms with Crippen LogP contribution in [0.3, 0.4) is 0 Å². The normalized spacial score (nSPS) is 12.5. The van der Waals surface area contributed by atoms with Crippen molar-refractivity contribution in [1.82, 2.24) is 0 Å². The van der Waals surface area contributed by atoms with E-state index in [2.05, 4.69) is 0 Å². The molecule has 0 aliphatic rings. The molecule has 0 fully saturated rings. The van der Waals surface area contributed by atoms with Crippen LogP contribution in [0.2, 0.25) is 0 Å². The number of hydrogen-bond donors (Lipinski definition) is 2. The Bertz CT molecular complexity index is 281. The minimum absolute atomic E-state index is 0.0703. The largest absolute Gasteiger partial charge is 0.507 e. The Morgan fingerprint density at radius 1 is 1.46 bits per heavy atom. The van der Waals surface area contributed by atoms with E-state index < -0.39 is 6.10 Å². The summed E-state index contributed by atoms with van der Waals surface area (Å²) in [6, 6.07) is 4.89. The molecule has 1 unspecified atom stereocenters. The van der Waals surface area contributed by atoms with Gasteiger partial charge in [0.05, 0.1) is 12.7 Å². The molecule has 0 spiro atoms. The van der Waals surface area contributed by atoms with Crippen molar-refractivity contribution in [2.24, 2.45) is 0 Å². The summed E-state index contributed by atoms with van der Waals surface area (Å²) in [5, 5.41) is 18.7. The third-order valence-corrected chi connectivity index (χ3v) is 1.76. The number of aliphatic hydroxyl groups excluding tert-OH is 1. The third kappa shape index (κ3) is 2.36. The highest BCUT2D eigenvalue weighted by atomic mass is 16.5. The third-order valence-electron chi connectivity index (χ3n) is 1.76. The summed E-state index contributed by atoms with van der Waals surface area (Å²) in [5.74, 6) is 0.686. The maximum Gasteiger partial charge on any atom is 0.125 e. The highest BCUT2D eigenvalue weighted by molar-refractivity contribution is 5.40. The standard InChI is InChI=1S/C10H14O3/c1-3-13-8-4-5-9(7(2)11)10(12)6-8/h4-7,11-12H,3H2,1-2H3. The lowest BCUT2D eigenvalue weighted by Gasteiger charge is -2.09. The molecular formula is C10H14O3. The molecule has 0 bridgehead atoms. The number of ether oxygens (including phenoxy) is 1. The highest BCUT2D eigenvalue weighted by Crippen LogP contribution is 2.27. The van der Waals surface area contributed by atoms with Gasteiger partial charge < -0.3 is 14.9 Å². The average molecular weight is 182 g/mol. The number of benzene rings is 1. The van der Waals surface area contributed by atoms with Gasteiger partial charge in [-0.1, -0.05) is 0 Å². The zero-order chi connectivity index (χ0) is 9.84. The first kappa shape index (κ1) is 9.86. The fourth-order valence-corrected chi connectivity index (χ4v) is 1.13. The van der Waals surface area contributed by atoms with Crippen molar-refractivity contribution in [2.75, 3.05) is 6.61 Å². The van der Waals surface area contributed by atoms with Gasteiger partial charge in [-0.2, -0.15) is 0 Å². The van der Waals surface area contributed by atoms with Crippen LogP contribution in [-0.4, -0.2) is 16.8 Å². The van der Waals surface area contributed by atoms with E-state index in [9.17, 15) is 10.2 Å². The lowest BCUT2D eigenvalue weighted by Crippen LogP contribution is -1.94. The van der Waals surface area contributed by atoms with Crippen molar-refractivity contribution >= 4 is 0 Å². The topological polar surface area (TPSA) is 49.7 Å². The summed E-state index contributed by atoms with van der Waals surface area (Å²) in [5.41, 5.74) is 0.517. The SMILES string of the molecule is CCOc1ccc(C(C)O)c(O)c1. The summed E-state index contributed by atoms with van der Waals surface area (Å²) < 4.78 is 5.18. The molecule has 1 atom stereocenters. The number of rotatable bonds is 3. The van der Waals surface area contributed by atoms with E-state index in [0.29, 0.717) is 17.9 Å². The monoisotopic (exact) mass is 182 g/mol. The maximum atomic E-state index is 9.45. The molecule has 2 N–H and O–H groups in total. The number of aliphatic hydroxyl groups is 1. The van der Waals surface area contributed by atoms with Crippen LogP contribution in [0.4, 0.5) is 0 Å². The van der Waals surface area contributed by atoms with Crippen LogP contribution in [0, 0.1) is 0 Å². The molecule has 1 aromatic rings. The molecular weight excluding hydrogens is 168 g/mol. The quantitative estimate of drug-likeness (QED) is 0.750. The second-order valence-electron chi connectivity index (χ2n) is 2.83. The first-order valence-electron chi connectivity index (χ1n) is 4.29. The van der Waals surface area contributed by atoms with E-state index >= 15 is 0 Å². The van der Waals surface area contributed by atoms with Crippen LogP contribution >= 0.6 is 0 Å². The van der Waals surface area contributed by atoms with Gasteiger partial charge in [-0.15, -0.1) is 0 Å². The molecule has 1 rings (SSSR count). The number of aromatic hydroxyl groups is 1. The van der Waals surface area contributed by atoms with E-state index in [4.69, 9.17) is 4.74 Å². The Labute approximate surface area is 77.6 Å². The molecule has 0 aromatic heterocycles. The van der Waals surface area contributed by atoms with E-state index in [1.807, 2.05) is 6.92 Å². The highest BCUT2D eigenvalue weighted by Gasteiger charge is 2.07. The zero-order valence-corrected chi connectivity index (χ0v) is 7.82. The minimum Gasteiger partial charge on any atom is -0.507 e. The first-order valence-corrected chi connectivity index (χ1v) is 4.29. The maximum absolute atomic E-state index is 9.45. The van der Waals surface area contributed by atoms with Crippen LogP contribution in [0.15, 0.2) is 18.2 Å². The summed E-state index contributed by atoms with van der Waals surface area (Å²) in [6.07, 6.45) is -0.657. The summed E-state index contributed by atoms with van der Waals surface area (Å²) >= 11 is 0. The molecule has 0 saturated heterocycles. The lowest BCUT2D eigenvalue weighted by molar-refractivity contribution is 0.194. The predicted molar refractivity (Wildman–Crippen MR) is 49.9 cm³/mol. The fourth-order valence-electron chi connectivity index (χ4n) is 1.13. The lowest BCUT2D eigenvalue weighted by atomic mass is 10.1. The molecule has 0 aliphatic heterocycles. The van der Waals surface area contributed by atoms with Crippen molar-refractivity contribution in [2.45, 2.75) is 20.0 Å². The number of phenols is 1. The van der Waals surface area contributed by atoms with Gasteiger partial charge in [0.2, 0.25) is 0 Å². The van der Waals surface area contributed by atoms with E-state index in [1.165, 1.54) is 6.07 Å². The van der Waals surface area contributed by atoms with E-state index in [0.717, 1.165) is 0 Å². The Morgan fingerprint density at radius 3 is 2.62 bits per heavy atom. The van der Waals surface area contributed by atoms with Crippen molar-refractivity contribution < 1.29 is 14.9 Å². The summed E-state index contributed by atoms with van der Waals surface area (Å²) in [7, 11) is 0. The zero-order valence-electron chi connectivity index (χ0n) is 7.82. The van der Waals surface area contributed by atoms with E-state index in [-0.39, 0.29) is 5.75 Å². The van der Waals surface area contributed by atoms with Gasteiger partial charge in [0, 0.05) is 11.6 Å². The van der Waals surface area contributed by atoms with Gasteiger partial charge in [0.1, 0.15) is 11.5 Å². The van der Waals surface area contributed by atoms with Gasteiger partial charge in [0.15, 0.2) is 0 Å². The van der Waals surface area contributed by atoms with Crippen LogP contribution < -0.4 is 4.74 Å². The van der Waals surface area contributed by atoms with Crippen LogP contribution in [0.25, 0.3) is 0 Å². The van der Waals surface area contributed by atoms with Crippen molar-refractivity contribution in [1.29, 1.82) is 0 Å². The van der Waals surface area contributed by atoms with E-state index in [1.54, 1.807) is 19.1 Å². The van der Waals surface area contributed by atoms with Gasteiger partial charge in [0.25, 0.3) is 0 Å². The minimum atomic E-state index is -0.657. The van der Waals surface area contributed by atoms with Crippen molar-refractivity contribution in [3.05, 3.63) is 23.8 Å². The molecule has 0 heterocycles. The summed E-state index contributed by atoms with van der Waals surface area (Å²) in [4.78, 5) is 0. The number of phenolic OH excluding ortho intramolecular Hbond substituents is 1. The van der Waals surface area contributed by atoms with Crippen molar-refractivity contribution in [3.8, 4) is 11.5 Å².